The van der Waals surface area contributed by atoms with Crippen molar-refractivity contribution >= 4 is 5.91 Å². The lowest BCUT2D eigenvalue weighted by atomic mass is 9.88. The smallest absolute Gasteiger partial charge is 0.254 e. The highest BCUT2D eigenvalue weighted by Gasteiger charge is 2.30. The number of benzene rings is 1. The molecule has 0 radical (unpaired) electrons. The molecular formula is C16H24N2O2. The summed E-state index contributed by atoms with van der Waals surface area (Å²) in [5.74, 6) is 1.47. The lowest BCUT2D eigenvalue weighted by Gasteiger charge is -2.39. The number of rotatable bonds is 4. The van der Waals surface area contributed by atoms with Crippen molar-refractivity contribution < 1.29 is 9.53 Å². The van der Waals surface area contributed by atoms with Crippen molar-refractivity contribution in [2.75, 3.05) is 20.2 Å². The highest BCUT2D eigenvalue weighted by atomic mass is 16.5. The summed E-state index contributed by atoms with van der Waals surface area (Å²) in [5.41, 5.74) is 6.54. The molecule has 2 N–H and O–H groups in total. The predicted molar refractivity (Wildman–Crippen MR) is 79.9 cm³/mol. The van der Waals surface area contributed by atoms with E-state index in [2.05, 4.69) is 6.92 Å². The van der Waals surface area contributed by atoms with E-state index in [0.29, 0.717) is 23.8 Å². The molecule has 110 valence electrons. The van der Waals surface area contributed by atoms with E-state index in [9.17, 15) is 4.79 Å². The normalized spacial score (nSPS) is 22.6. The van der Waals surface area contributed by atoms with Gasteiger partial charge in [-0.1, -0.05) is 19.4 Å². The predicted octanol–water partition coefficient (Wildman–Crippen LogP) is 2.28. The summed E-state index contributed by atoms with van der Waals surface area (Å²) in [6, 6.07) is 7.49. The number of piperidine rings is 1. The summed E-state index contributed by atoms with van der Waals surface area (Å²) in [4.78, 5) is 14.6. The molecule has 2 unspecified atom stereocenters. The Labute approximate surface area is 120 Å². The van der Waals surface area contributed by atoms with E-state index in [0.717, 1.165) is 25.8 Å². The number of nitrogens with two attached hydrogens (primary N) is 1. The molecule has 1 amide bonds. The molecule has 1 saturated heterocycles. The molecule has 1 aromatic rings. The first-order valence-corrected chi connectivity index (χ1v) is 7.34. The Hall–Kier alpha value is -1.55. The molecule has 0 bridgehead atoms. The third-order valence-corrected chi connectivity index (χ3v) is 4.25. The van der Waals surface area contributed by atoms with Gasteiger partial charge in [-0.3, -0.25) is 4.79 Å². The molecule has 1 heterocycles. The molecule has 1 fully saturated rings. The van der Waals surface area contributed by atoms with Crippen molar-refractivity contribution in [3.63, 3.8) is 0 Å². The number of methoxy groups -OCH3 is 1. The number of amides is 1. The molecule has 2 atom stereocenters. The first-order valence-electron chi connectivity index (χ1n) is 7.34. The van der Waals surface area contributed by atoms with Crippen LogP contribution >= 0.6 is 0 Å². The molecule has 1 aliphatic heterocycles. The fourth-order valence-electron chi connectivity index (χ4n) is 2.92. The van der Waals surface area contributed by atoms with E-state index in [1.807, 2.05) is 23.1 Å². The van der Waals surface area contributed by atoms with E-state index in [1.54, 1.807) is 13.2 Å². The summed E-state index contributed by atoms with van der Waals surface area (Å²) in [7, 11) is 1.61. The van der Waals surface area contributed by atoms with E-state index in [-0.39, 0.29) is 11.9 Å². The van der Waals surface area contributed by atoms with Crippen LogP contribution in [0.25, 0.3) is 0 Å². The molecular weight excluding hydrogens is 252 g/mol. The number of nitrogens with zero attached hydrogens (tertiary/aromatic N) is 1. The molecule has 4 heteroatoms. The maximum absolute atomic E-state index is 12.6. The van der Waals surface area contributed by atoms with Gasteiger partial charge >= 0.3 is 0 Å². The molecule has 1 aromatic carbocycles. The topological polar surface area (TPSA) is 55.6 Å². The van der Waals surface area contributed by atoms with Crippen LogP contribution in [-0.2, 0) is 0 Å². The van der Waals surface area contributed by atoms with E-state index >= 15 is 0 Å². The fourth-order valence-corrected chi connectivity index (χ4v) is 2.92. The Morgan fingerprint density at radius 1 is 1.50 bits per heavy atom. The van der Waals surface area contributed by atoms with Crippen LogP contribution in [0.2, 0.25) is 0 Å². The number of ether oxygens (including phenoxy) is 1. The molecule has 2 rings (SSSR count). The SMILES string of the molecule is CCC1CCN(C(=O)c2cccc(OC)c2)C(CN)C1. The highest BCUT2D eigenvalue weighted by molar-refractivity contribution is 5.94. The van der Waals surface area contributed by atoms with Crippen molar-refractivity contribution in [1.29, 1.82) is 0 Å². The second kappa shape index (κ2) is 6.75. The van der Waals surface area contributed by atoms with Crippen molar-refractivity contribution in [2.24, 2.45) is 11.7 Å². The maximum Gasteiger partial charge on any atom is 0.254 e. The van der Waals surface area contributed by atoms with Crippen LogP contribution in [-0.4, -0.2) is 37.0 Å². The second-order valence-electron chi connectivity index (χ2n) is 5.42. The van der Waals surface area contributed by atoms with Gasteiger partial charge in [0.15, 0.2) is 0 Å². The van der Waals surface area contributed by atoms with Crippen LogP contribution < -0.4 is 10.5 Å². The van der Waals surface area contributed by atoms with Crippen LogP contribution in [0, 0.1) is 5.92 Å². The Morgan fingerprint density at radius 2 is 2.30 bits per heavy atom. The van der Waals surface area contributed by atoms with Gasteiger partial charge < -0.3 is 15.4 Å². The van der Waals surface area contributed by atoms with Gasteiger partial charge in [0.2, 0.25) is 0 Å². The quantitative estimate of drug-likeness (QED) is 0.918. The number of likely N-dealkylation sites (tertiary alicyclic amines) is 1. The summed E-state index contributed by atoms with van der Waals surface area (Å²) in [5, 5.41) is 0. The largest absolute Gasteiger partial charge is 0.497 e. The molecule has 0 saturated carbocycles. The Balaban J connectivity index is 2.14. The Bertz CT molecular complexity index is 462. The fraction of sp³-hybridized carbons (Fsp3) is 0.562. The van der Waals surface area contributed by atoms with E-state index in [1.165, 1.54) is 0 Å². The average Bonchev–Trinajstić information content (AvgIpc) is 2.53. The van der Waals surface area contributed by atoms with Gasteiger partial charge in [-0.05, 0) is 37.0 Å². The van der Waals surface area contributed by atoms with Gasteiger partial charge in [0.05, 0.1) is 7.11 Å². The third-order valence-electron chi connectivity index (χ3n) is 4.25. The highest BCUT2D eigenvalue weighted by Crippen LogP contribution is 2.26. The minimum Gasteiger partial charge on any atom is -0.497 e. The summed E-state index contributed by atoms with van der Waals surface area (Å²) >= 11 is 0. The lowest BCUT2D eigenvalue weighted by molar-refractivity contribution is 0.0558. The standard InChI is InChI=1S/C16H24N2O2/c1-3-12-7-8-18(14(9-12)11-17)16(19)13-5-4-6-15(10-13)20-2/h4-6,10,12,14H,3,7-9,11,17H2,1-2H3. The number of hydrogen-bond acceptors (Lipinski definition) is 3. The number of carbonyl (C=O) groups excluding carboxylic acids is 1. The van der Waals surface area contributed by atoms with Crippen LogP contribution in [0.3, 0.4) is 0 Å². The lowest BCUT2D eigenvalue weighted by Crippen LogP contribution is -2.49. The van der Waals surface area contributed by atoms with Crippen molar-refractivity contribution in [2.45, 2.75) is 32.2 Å². The van der Waals surface area contributed by atoms with Gasteiger partial charge in [-0.2, -0.15) is 0 Å². The minimum atomic E-state index is 0.0638. The Kier molecular flexibility index (Phi) is 5.01. The Morgan fingerprint density at radius 3 is 2.95 bits per heavy atom. The van der Waals surface area contributed by atoms with Gasteiger partial charge in [0, 0.05) is 24.7 Å². The van der Waals surface area contributed by atoms with Crippen molar-refractivity contribution in [3.05, 3.63) is 29.8 Å². The van der Waals surface area contributed by atoms with Gasteiger partial charge in [0.1, 0.15) is 5.75 Å². The molecule has 1 aliphatic rings. The number of hydrogen-bond donors (Lipinski definition) is 1. The molecule has 0 spiro atoms. The van der Waals surface area contributed by atoms with Gasteiger partial charge in [0.25, 0.3) is 5.91 Å². The average molecular weight is 276 g/mol. The van der Waals surface area contributed by atoms with E-state index < -0.39 is 0 Å². The molecule has 0 aromatic heterocycles. The summed E-state index contributed by atoms with van der Waals surface area (Å²) < 4.78 is 5.18. The second-order valence-corrected chi connectivity index (χ2v) is 5.42. The van der Waals surface area contributed by atoms with Crippen LogP contribution in [0.5, 0.6) is 5.75 Å². The zero-order valence-electron chi connectivity index (χ0n) is 12.3. The molecule has 0 aliphatic carbocycles. The molecule has 20 heavy (non-hydrogen) atoms. The first kappa shape index (κ1) is 14.9. The maximum atomic E-state index is 12.6. The first-order chi connectivity index (χ1) is 9.69. The minimum absolute atomic E-state index is 0.0638. The van der Waals surface area contributed by atoms with Crippen molar-refractivity contribution in [1.82, 2.24) is 4.90 Å². The molecule has 4 nitrogen and oxygen atoms in total. The van der Waals surface area contributed by atoms with Gasteiger partial charge in [-0.15, -0.1) is 0 Å². The summed E-state index contributed by atoms with van der Waals surface area (Å²) in [6.45, 7) is 3.54. The van der Waals surface area contributed by atoms with Crippen molar-refractivity contribution in [3.8, 4) is 5.75 Å². The van der Waals surface area contributed by atoms with Crippen LogP contribution in [0.15, 0.2) is 24.3 Å². The van der Waals surface area contributed by atoms with Crippen LogP contribution in [0.4, 0.5) is 0 Å². The summed E-state index contributed by atoms with van der Waals surface area (Å²) in [6.07, 6.45) is 3.25. The van der Waals surface area contributed by atoms with Gasteiger partial charge in [-0.25, -0.2) is 0 Å². The van der Waals surface area contributed by atoms with Crippen LogP contribution in [0.1, 0.15) is 36.5 Å². The third kappa shape index (κ3) is 3.12. The zero-order valence-corrected chi connectivity index (χ0v) is 12.3. The monoisotopic (exact) mass is 276 g/mol. The number of carbonyl (C=O) groups is 1. The zero-order chi connectivity index (χ0) is 14.5. The van der Waals surface area contributed by atoms with E-state index in [4.69, 9.17) is 10.5 Å².